The van der Waals surface area contributed by atoms with Crippen molar-refractivity contribution in [1.82, 2.24) is 0 Å². The molecular formula is C10H16O8S3. The van der Waals surface area contributed by atoms with Crippen molar-refractivity contribution in [2.45, 2.75) is 12.2 Å². The van der Waals surface area contributed by atoms with Crippen LogP contribution in [0.25, 0.3) is 0 Å². The van der Waals surface area contributed by atoms with E-state index in [1.807, 2.05) is 0 Å². The van der Waals surface area contributed by atoms with Gasteiger partial charge >= 0.3 is 10.4 Å². The summed E-state index contributed by atoms with van der Waals surface area (Å²) in [5.74, 6) is -2.10. The van der Waals surface area contributed by atoms with E-state index in [9.17, 15) is 25.3 Å². The third kappa shape index (κ3) is 5.87. The first-order valence-corrected chi connectivity index (χ1v) is 10.7. The summed E-state index contributed by atoms with van der Waals surface area (Å²) < 4.78 is 78.2. The molecule has 0 aromatic rings. The number of hydrogen-bond acceptors (Lipinski definition) is 8. The van der Waals surface area contributed by atoms with Gasteiger partial charge < -0.3 is 0 Å². The van der Waals surface area contributed by atoms with Gasteiger partial charge in [0, 0.05) is 0 Å². The molecule has 0 aliphatic carbocycles. The molecule has 0 amide bonds. The lowest BCUT2D eigenvalue weighted by molar-refractivity contribution is 0.191. The van der Waals surface area contributed by atoms with Gasteiger partial charge in [-0.1, -0.05) is 12.2 Å². The minimum atomic E-state index is -4.40. The van der Waals surface area contributed by atoms with Gasteiger partial charge in [-0.3, -0.25) is 0 Å². The number of hydrogen-bond donors (Lipinski definition) is 0. The maximum absolute atomic E-state index is 11.7. The molecule has 1 fully saturated rings. The van der Waals surface area contributed by atoms with E-state index in [0.717, 1.165) is 12.2 Å². The third-order valence-corrected chi connectivity index (χ3v) is 6.60. The lowest BCUT2D eigenvalue weighted by atomic mass is 10.3. The van der Waals surface area contributed by atoms with E-state index in [1.165, 1.54) is 0 Å². The average Bonchev–Trinajstić information content (AvgIpc) is 2.50. The highest BCUT2D eigenvalue weighted by Gasteiger charge is 2.44. The average molecular weight is 360 g/mol. The highest BCUT2D eigenvalue weighted by molar-refractivity contribution is 7.92. The molecule has 1 aliphatic rings. The molecule has 0 aromatic heterocycles. The van der Waals surface area contributed by atoms with Gasteiger partial charge in [-0.05, 0) is 0 Å². The van der Waals surface area contributed by atoms with Gasteiger partial charge in [0.05, 0.1) is 23.0 Å². The summed E-state index contributed by atoms with van der Waals surface area (Å²) in [6, 6.07) is 0. The van der Waals surface area contributed by atoms with Crippen molar-refractivity contribution in [2.75, 3.05) is 23.0 Å². The van der Waals surface area contributed by atoms with Crippen LogP contribution in [-0.4, -0.2) is 60.5 Å². The minimum absolute atomic E-state index is 0.376. The van der Waals surface area contributed by atoms with E-state index in [2.05, 4.69) is 21.5 Å². The monoisotopic (exact) mass is 360 g/mol. The zero-order valence-corrected chi connectivity index (χ0v) is 13.5. The van der Waals surface area contributed by atoms with Crippen LogP contribution in [0.2, 0.25) is 0 Å². The Labute approximate surface area is 124 Å². The van der Waals surface area contributed by atoms with Gasteiger partial charge in [0.15, 0.2) is 19.7 Å². The van der Waals surface area contributed by atoms with Gasteiger partial charge in [0.2, 0.25) is 0 Å². The fraction of sp³-hybridized carbons (Fsp3) is 0.600. The maximum Gasteiger partial charge on any atom is 0.400 e. The summed E-state index contributed by atoms with van der Waals surface area (Å²) in [6.45, 7) is 6.55. The number of sulfone groups is 2. The molecule has 1 rings (SSSR count). The third-order valence-electron chi connectivity index (χ3n) is 2.48. The highest BCUT2D eigenvalue weighted by Crippen LogP contribution is 2.24. The van der Waals surface area contributed by atoms with Gasteiger partial charge in [0.1, 0.15) is 12.2 Å². The van der Waals surface area contributed by atoms with Crippen LogP contribution in [-0.2, 0) is 38.4 Å². The zero-order valence-electron chi connectivity index (χ0n) is 11.0. The maximum atomic E-state index is 11.7. The summed E-state index contributed by atoms with van der Waals surface area (Å²) >= 11 is 0. The van der Waals surface area contributed by atoms with Crippen molar-refractivity contribution in [1.29, 1.82) is 0 Å². The first-order valence-electron chi connectivity index (χ1n) is 5.74. The first kappa shape index (κ1) is 18.3. The van der Waals surface area contributed by atoms with E-state index in [4.69, 9.17) is 0 Å². The Balaban J connectivity index is 2.95. The molecule has 122 valence electrons. The molecule has 1 saturated heterocycles. The lowest BCUT2D eigenvalue weighted by Crippen LogP contribution is -2.36. The standard InChI is InChI=1S/C10H16O8S3/c1-3-5-19(11,12)7-9-10(18-21(15,16)17-9)8-20(13,14)6-4-2/h3-4,9-10H,1-2,5-8H2. The molecule has 0 bridgehead atoms. The quantitative estimate of drug-likeness (QED) is 0.517. The van der Waals surface area contributed by atoms with Crippen LogP contribution in [0, 0.1) is 0 Å². The minimum Gasteiger partial charge on any atom is -0.241 e. The highest BCUT2D eigenvalue weighted by atomic mass is 32.3. The van der Waals surface area contributed by atoms with Gasteiger partial charge in [-0.15, -0.1) is 13.2 Å². The van der Waals surface area contributed by atoms with Crippen LogP contribution in [0.4, 0.5) is 0 Å². The Morgan fingerprint density at radius 3 is 1.48 bits per heavy atom. The molecule has 11 heteroatoms. The van der Waals surface area contributed by atoms with Crippen molar-refractivity contribution in [3.05, 3.63) is 25.3 Å². The largest absolute Gasteiger partial charge is 0.400 e. The van der Waals surface area contributed by atoms with Crippen molar-refractivity contribution < 1.29 is 33.6 Å². The predicted octanol–water partition coefficient (Wildman–Crippen LogP) is -0.783. The zero-order chi connectivity index (χ0) is 16.3. The molecule has 2 atom stereocenters. The van der Waals surface area contributed by atoms with Crippen molar-refractivity contribution in [3.63, 3.8) is 0 Å². The van der Waals surface area contributed by atoms with E-state index >= 15 is 0 Å². The van der Waals surface area contributed by atoms with Crippen molar-refractivity contribution in [2.24, 2.45) is 0 Å². The molecule has 8 nitrogen and oxygen atoms in total. The lowest BCUT2D eigenvalue weighted by Gasteiger charge is -2.14. The second-order valence-electron chi connectivity index (χ2n) is 4.41. The molecule has 0 radical (unpaired) electrons. The Morgan fingerprint density at radius 2 is 1.19 bits per heavy atom. The van der Waals surface area contributed by atoms with Gasteiger partial charge in [0.25, 0.3) is 0 Å². The van der Waals surface area contributed by atoms with Crippen molar-refractivity contribution in [3.8, 4) is 0 Å². The molecule has 0 N–H and O–H groups in total. The van der Waals surface area contributed by atoms with Gasteiger partial charge in [-0.25, -0.2) is 25.2 Å². The van der Waals surface area contributed by atoms with Crippen LogP contribution in [0.1, 0.15) is 0 Å². The molecule has 1 aliphatic heterocycles. The normalized spacial score (nSPS) is 25.5. The Kier molecular flexibility index (Phi) is 5.72. The molecule has 0 aromatic carbocycles. The summed E-state index contributed by atoms with van der Waals surface area (Å²) in [5, 5.41) is 0. The Morgan fingerprint density at radius 1 is 0.857 bits per heavy atom. The summed E-state index contributed by atoms with van der Waals surface area (Å²) in [6.07, 6.45) is -0.522. The van der Waals surface area contributed by atoms with Crippen LogP contribution in [0.15, 0.2) is 25.3 Å². The summed E-state index contributed by atoms with van der Waals surface area (Å²) in [7, 11) is -11.7. The molecular weight excluding hydrogens is 344 g/mol. The van der Waals surface area contributed by atoms with E-state index in [0.29, 0.717) is 0 Å². The molecule has 1 heterocycles. The Bertz CT molecular complexity index is 645. The molecule has 0 spiro atoms. The topological polar surface area (TPSA) is 121 Å². The van der Waals surface area contributed by atoms with Gasteiger partial charge in [-0.2, -0.15) is 8.42 Å². The smallest absolute Gasteiger partial charge is 0.241 e. The molecule has 2 unspecified atom stereocenters. The van der Waals surface area contributed by atoms with Crippen LogP contribution >= 0.6 is 0 Å². The fourth-order valence-electron chi connectivity index (χ4n) is 1.72. The fourth-order valence-corrected chi connectivity index (χ4v) is 5.48. The van der Waals surface area contributed by atoms with Crippen LogP contribution in [0.5, 0.6) is 0 Å². The van der Waals surface area contributed by atoms with Crippen LogP contribution in [0.3, 0.4) is 0 Å². The number of rotatable bonds is 8. The SMILES string of the molecule is C=CCS(=O)(=O)CC1OS(=O)(=O)OC1CS(=O)(=O)CC=C. The summed E-state index contributed by atoms with van der Waals surface area (Å²) in [5.41, 5.74) is 0. The van der Waals surface area contributed by atoms with Crippen molar-refractivity contribution >= 4 is 30.1 Å². The first-order chi connectivity index (χ1) is 9.50. The molecule has 21 heavy (non-hydrogen) atoms. The second-order valence-corrected chi connectivity index (χ2v) is 9.92. The Hall–Kier alpha value is -0.750. The van der Waals surface area contributed by atoms with E-state index in [1.54, 1.807) is 0 Å². The summed E-state index contributed by atoms with van der Waals surface area (Å²) in [4.78, 5) is 0. The second kappa shape index (κ2) is 6.57. The molecule has 0 saturated carbocycles. The van der Waals surface area contributed by atoms with E-state index < -0.39 is 53.8 Å². The van der Waals surface area contributed by atoms with E-state index in [-0.39, 0.29) is 11.5 Å². The predicted molar refractivity (Wildman–Crippen MR) is 76.4 cm³/mol. The van der Waals surface area contributed by atoms with Crippen LogP contribution < -0.4 is 0 Å².